The van der Waals surface area contributed by atoms with Crippen LogP contribution in [-0.4, -0.2) is 30.0 Å². The largest absolute Gasteiger partial charge is 0.461 e. The Morgan fingerprint density at radius 2 is 1.85 bits per heavy atom. The van der Waals surface area contributed by atoms with Crippen molar-refractivity contribution in [2.45, 2.75) is 0 Å². The standard InChI is InChI=1S/C18H14Cl2N2O5/c19-13-4-1-12(2-5-13)3-8-17(23)27-10-9-21-18(24)15-7-6-14(22(25)26)11-16(15)20/h1-8,11H,9-10H2,(H,21,24)/b8-3+. The minimum atomic E-state index is -0.607. The van der Waals surface area contributed by atoms with Gasteiger partial charge in [0, 0.05) is 23.2 Å². The van der Waals surface area contributed by atoms with Crippen LogP contribution < -0.4 is 5.32 Å². The van der Waals surface area contributed by atoms with E-state index in [2.05, 4.69) is 5.32 Å². The van der Waals surface area contributed by atoms with Crippen LogP contribution >= 0.6 is 23.2 Å². The Labute approximate surface area is 164 Å². The molecular weight excluding hydrogens is 395 g/mol. The second-order valence-electron chi connectivity index (χ2n) is 5.23. The number of nitrogens with one attached hydrogen (secondary N) is 1. The average Bonchev–Trinajstić information content (AvgIpc) is 2.64. The van der Waals surface area contributed by atoms with Crippen LogP contribution in [0.1, 0.15) is 15.9 Å². The number of esters is 1. The molecular formula is C18H14Cl2N2O5. The minimum absolute atomic E-state index is 0.0374. The molecule has 0 spiro atoms. The number of carbonyl (C=O) groups is 2. The predicted octanol–water partition coefficient (Wildman–Crippen LogP) is 3.89. The van der Waals surface area contributed by atoms with E-state index in [4.69, 9.17) is 27.9 Å². The number of ether oxygens (including phenoxy) is 1. The van der Waals surface area contributed by atoms with Crippen molar-refractivity contribution in [3.05, 3.63) is 79.8 Å². The van der Waals surface area contributed by atoms with Crippen LogP contribution in [0.2, 0.25) is 10.0 Å². The lowest BCUT2D eigenvalue weighted by Crippen LogP contribution is -2.28. The van der Waals surface area contributed by atoms with E-state index in [9.17, 15) is 19.7 Å². The van der Waals surface area contributed by atoms with Gasteiger partial charge in [-0.15, -0.1) is 0 Å². The number of nitro benzene ring substituents is 1. The van der Waals surface area contributed by atoms with Gasteiger partial charge in [0.05, 0.1) is 22.1 Å². The monoisotopic (exact) mass is 408 g/mol. The molecule has 0 aliphatic carbocycles. The number of rotatable bonds is 7. The maximum absolute atomic E-state index is 12.0. The third-order valence-electron chi connectivity index (χ3n) is 3.32. The van der Waals surface area contributed by atoms with E-state index in [0.29, 0.717) is 5.02 Å². The molecule has 0 radical (unpaired) electrons. The average molecular weight is 409 g/mol. The summed E-state index contributed by atoms with van der Waals surface area (Å²) in [5, 5.41) is 13.7. The normalized spacial score (nSPS) is 10.6. The van der Waals surface area contributed by atoms with E-state index in [1.807, 2.05) is 0 Å². The molecule has 0 fully saturated rings. The summed E-state index contributed by atoms with van der Waals surface area (Å²) in [5.41, 5.74) is 0.673. The Kier molecular flexibility index (Phi) is 7.34. The first-order chi connectivity index (χ1) is 12.9. The maximum Gasteiger partial charge on any atom is 0.330 e. The van der Waals surface area contributed by atoms with Crippen molar-refractivity contribution in [1.82, 2.24) is 5.32 Å². The first-order valence-corrected chi connectivity index (χ1v) is 8.45. The van der Waals surface area contributed by atoms with E-state index in [1.165, 1.54) is 18.2 Å². The molecule has 0 aliphatic heterocycles. The van der Waals surface area contributed by atoms with Gasteiger partial charge in [0.1, 0.15) is 6.61 Å². The summed E-state index contributed by atoms with van der Waals surface area (Å²) in [6.07, 6.45) is 2.84. The van der Waals surface area contributed by atoms with Gasteiger partial charge < -0.3 is 10.1 Å². The predicted molar refractivity (Wildman–Crippen MR) is 102 cm³/mol. The number of hydrogen-bond acceptors (Lipinski definition) is 5. The summed E-state index contributed by atoms with van der Waals surface area (Å²) in [6, 6.07) is 10.4. The van der Waals surface area contributed by atoms with Gasteiger partial charge in [-0.05, 0) is 29.8 Å². The maximum atomic E-state index is 12.0. The fraction of sp³-hybridized carbons (Fsp3) is 0.111. The zero-order valence-electron chi connectivity index (χ0n) is 13.9. The molecule has 0 bridgehead atoms. The van der Waals surface area contributed by atoms with Crippen molar-refractivity contribution in [3.63, 3.8) is 0 Å². The molecule has 140 valence electrons. The molecule has 7 nitrogen and oxygen atoms in total. The SMILES string of the molecule is O=C(/C=C/c1ccc(Cl)cc1)OCCNC(=O)c1ccc([N+](=O)[O-])cc1Cl. The lowest BCUT2D eigenvalue weighted by Gasteiger charge is -2.07. The summed E-state index contributed by atoms with van der Waals surface area (Å²) in [7, 11) is 0. The molecule has 1 N–H and O–H groups in total. The molecule has 0 unspecified atom stereocenters. The fourth-order valence-corrected chi connectivity index (χ4v) is 2.39. The van der Waals surface area contributed by atoms with Gasteiger partial charge in [-0.3, -0.25) is 14.9 Å². The quantitative estimate of drug-likeness (QED) is 0.246. The third kappa shape index (κ3) is 6.40. The number of hydrogen-bond donors (Lipinski definition) is 1. The Balaban J connectivity index is 1.77. The second-order valence-corrected chi connectivity index (χ2v) is 6.07. The van der Waals surface area contributed by atoms with E-state index in [-0.39, 0.29) is 29.4 Å². The molecule has 2 aromatic carbocycles. The van der Waals surface area contributed by atoms with Crippen LogP contribution in [0, 0.1) is 10.1 Å². The summed E-state index contributed by atoms with van der Waals surface area (Å²) < 4.78 is 4.97. The molecule has 0 saturated carbocycles. The van der Waals surface area contributed by atoms with Gasteiger partial charge in [0.2, 0.25) is 0 Å². The molecule has 2 rings (SSSR count). The lowest BCUT2D eigenvalue weighted by molar-refractivity contribution is -0.384. The summed E-state index contributed by atoms with van der Waals surface area (Å²) in [6.45, 7) is 0.0206. The molecule has 0 saturated heterocycles. The van der Waals surface area contributed by atoms with Crippen molar-refractivity contribution >= 4 is 46.8 Å². The first kappa shape index (κ1) is 20.4. The fourth-order valence-electron chi connectivity index (χ4n) is 2.00. The summed E-state index contributed by atoms with van der Waals surface area (Å²) >= 11 is 11.6. The molecule has 0 heterocycles. The highest BCUT2D eigenvalue weighted by Crippen LogP contribution is 2.22. The summed E-state index contributed by atoms with van der Waals surface area (Å²) in [4.78, 5) is 33.7. The van der Waals surface area contributed by atoms with Gasteiger partial charge in [-0.25, -0.2) is 4.79 Å². The van der Waals surface area contributed by atoms with Gasteiger partial charge in [-0.2, -0.15) is 0 Å². The van der Waals surface area contributed by atoms with E-state index < -0.39 is 16.8 Å². The van der Waals surface area contributed by atoms with Gasteiger partial charge >= 0.3 is 5.97 Å². The molecule has 0 atom stereocenters. The highest BCUT2D eigenvalue weighted by atomic mass is 35.5. The van der Waals surface area contributed by atoms with Gasteiger partial charge in [0.15, 0.2) is 0 Å². The molecule has 0 aliphatic rings. The Morgan fingerprint density at radius 1 is 1.15 bits per heavy atom. The number of halogens is 2. The van der Waals surface area contributed by atoms with Crippen LogP contribution in [0.3, 0.4) is 0 Å². The zero-order valence-corrected chi connectivity index (χ0v) is 15.4. The van der Waals surface area contributed by atoms with Gasteiger partial charge in [-0.1, -0.05) is 35.3 Å². The van der Waals surface area contributed by atoms with Crippen LogP contribution in [-0.2, 0) is 9.53 Å². The topological polar surface area (TPSA) is 98.5 Å². The first-order valence-electron chi connectivity index (χ1n) is 7.69. The molecule has 27 heavy (non-hydrogen) atoms. The second kappa shape index (κ2) is 9.70. The van der Waals surface area contributed by atoms with Crippen LogP contribution in [0.4, 0.5) is 5.69 Å². The third-order valence-corrected chi connectivity index (χ3v) is 3.89. The highest BCUT2D eigenvalue weighted by molar-refractivity contribution is 6.34. The Morgan fingerprint density at radius 3 is 2.48 bits per heavy atom. The van der Waals surface area contributed by atoms with E-state index >= 15 is 0 Å². The Hall–Kier alpha value is -2.90. The van der Waals surface area contributed by atoms with Crippen molar-refractivity contribution in [3.8, 4) is 0 Å². The van der Waals surface area contributed by atoms with Crippen molar-refractivity contribution in [1.29, 1.82) is 0 Å². The molecule has 2 aromatic rings. The van der Waals surface area contributed by atoms with Crippen molar-refractivity contribution in [2.75, 3.05) is 13.2 Å². The summed E-state index contributed by atoms with van der Waals surface area (Å²) in [5.74, 6) is -1.09. The molecule has 9 heteroatoms. The zero-order chi connectivity index (χ0) is 19.8. The van der Waals surface area contributed by atoms with Crippen LogP contribution in [0.25, 0.3) is 6.08 Å². The minimum Gasteiger partial charge on any atom is -0.461 e. The molecule has 1 amide bonds. The lowest BCUT2D eigenvalue weighted by atomic mass is 10.2. The molecule has 0 aromatic heterocycles. The number of nitro groups is 1. The smallest absolute Gasteiger partial charge is 0.330 e. The Bertz CT molecular complexity index is 882. The van der Waals surface area contributed by atoms with Crippen LogP contribution in [0.5, 0.6) is 0 Å². The number of amides is 1. The van der Waals surface area contributed by atoms with E-state index in [1.54, 1.807) is 30.3 Å². The number of carbonyl (C=O) groups excluding carboxylic acids is 2. The number of nitrogens with zero attached hydrogens (tertiary/aromatic N) is 1. The highest BCUT2D eigenvalue weighted by Gasteiger charge is 2.14. The van der Waals surface area contributed by atoms with E-state index in [0.717, 1.165) is 11.6 Å². The van der Waals surface area contributed by atoms with Gasteiger partial charge in [0.25, 0.3) is 11.6 Å². The number of benzene rings is 2. The van der Waals surface area contributed by atoms with Crippen molar-refractivity contribution in [2.24, 2.45) is 0 Å². The van der Waals surface area contributed by atoms with Crippen molar-refractivity contribution < 1.29 is 19.2 Å². The number of non-ortho nitro benzene ring substituents is 1. The van der Waals surface area contributed by atoms with Crippen LogP contribution in [0.15, 0.2) is 48.5 Å².